The van der Waals surface area contributed by atoms with Gasteiger partial charge in [-0.1, -0.05) is 15.9 Å². The number of carboxylic acid groups (broad SMARTS) is 1. The Morgan fingerprint density at radius 3 is 2.95 bits per heavy atom. The fraction of sp³-hybridized carbons (Fsp3) is 0.333. The van der Waals surface area contributed by atoms with Crippen molar-refractivity contribution in [3.63, 3.8) is 0 Å². The number of carbonyl (C=O) groups is 2. The predicted molar refractivity (Wildman–Crippen MR) is 77.5 cm³/mol. The second-order valence-electron chi connectivity index (χ2n) is 3.65. The Bertz CT molecular complexity index is 455. The number of aliphatic carboxylic acids is 1. The maximum Gasteiger partial charge on any atom is 0.327 e. The Kier molecular flexibility index (Phi) is 6.72. The summed E-state index contributed by atoms with van der Waals surface area (Å²) in [7, 11) is 1.59. The molecule has 1 amide bonds. The highest BCUT2D eigenvalue weighted by Gasteiger charge is 2.16. The first-order chi connectivity index (χ1) is 9.08. The second kappa shape index (κ2) is 8.06. The highest BCUT2D eigenvalue weighted by Crippen LogP contribution is 2.26. The normalized spacial score (nSPS) is 11.7. The summed E-state index contributed by atoms with van der Waals surface area (Å²) in [5.41, 5.74) is 0.970. The van der Waals surface area contributed by atoms with Crippen molar-refractivity contribution in [2.45, 2.75) is 11.8 Å². The predicted octanol–water partition coefficient (Wildman–Crippen LogP) is 1.89. The number of thioether (sulfide) groups is 1. The van der Waals surface area contributed by atoms with Crippen molar-refractivity contribution < 1.29 is 19.4 Å². The molecule has 0 aromatic heterocycles. The van der Waals surface area contributed by atoms with Crippen LogP contribution in [0.15, 0.2) is 22.7 Å². The van der Waals surface area contributed by atoms with Gasteiger partial charge in [-0.15, -0.1) is 0 Å². The van der Waals surface area contributed by atoms with Gasteiger partial charge in [-0.05, 0) is 18.2 Å². The number of methoxy groups -OCH3 is 1. The van der Waals surface area contributed by atoms with Crippen LogP contribution in [0, 0.1) is 0 Å². The van der Waals surface area contributed by atoms with Crippen LogP contribution in [0.1, 0.15) is 5.56 Å². The van der Waals surface area contributed by atoms with Gasteiger partial charge in [0.15, 0.2) is 0 Å². The summed E-state index contributed by atoms with van der Waals surface area (Å²) >= 11 is 4.79. The smallest absolute Gasteiger partial charge is 0.327 e. The fourth-order valence-corrected chi connectivity index (χ4v) is 2.87. The van der Waals surface area contributed by atoms with Crippen molar-refractivity contribution >= 4 is 40.1 Å². The fourth-order valence-electron chi connectivity index (χ4n) is 1.42. The molecule has 0 saturated carbocycles. The highest BCUT2D eigenvalue weighted by molar-refractivity contribution is 9.10. The first kappa shape index (κ1) is 15.8. The van der Waals surface area contributed by atoms with Gasteiger partial charge in [0.05, 0.1) is 7.11 Å². The molecule has 0 saturated heterocycles. The molecule has 0 aliphatic rings. The largest absolute Gasteiger partial charge is 0.496 e. The number of rotatable bonds is 8. The number of carbonyl (C=O) groups excluding carboxylic acids is 1. The number of hydrogen-bond acceptors (Lipinski definition) is 4. The van der Waals surface area contributed by atoms with E-state index in [0.717, 1.165) is 15.8 Å². The molecule has 1 aromatic carbocycles. The molecule has 5 nitrogen and oxygen atoms in total. The van der Waals surface area contributed by atoms with Crippen LogP contribution >= 0.6 is 27.7 Å². The number of halogens is 1. The number of ether oxygens (including phenoxy) is 1. The molecule has 0 heterocycles. The van der Waals surface area contributed by atoms with E-state index < -0.39 is 12.0 Å². The van der Waals surface area contributed by atoms with Crippen molar-refractivity contribution in [2.75, 3.05) is 12.9 Å². The summed E-state index contributed by atoms with van der Waals surface area (Å²) < 4.78 is 6.17. The molecular formula is C12H14BrNO4S. The Morgan fingerprint density at radius 1 is 1.63 bits per heavy atom. The molecule has 0 radical (unpaired) electrons. The average Bonchev–Trinajstić information content (AvgIpc) is 2.38. The lowest BCUT2D eigenvalue weighted by Gasteiger charge is -2.12. The topological polar surface area (TPSA) is 75.6 Å². The number of amides is 1. The van der Waals surface area contributed by atoms with Gasteiger partial charge in [0.25, 0.3) is 0 Å². The number of nitrogens with one attached hydrogen (secondary N) is 1. The number of carboxylic acids is 1. The molecule has 19 heavy (non-hydrogen) atoms. The van der Waals surface area contributed by atoms with E-state index in [2.05, 4.69) is 21.2 Å². The lowest BCUT2D eigenvalue weighted by molar-refractivity contribution is -0.139. The summed E-state index contributed by atoms with van der Waals surface area (Å²) in [5, 5.41) is 11.1. The summed E-state index contributed by atoms with van der Waals surface area (Å²) in [5.74, 6) is 0.614. The first-order valence-corrected chi connectivity index (χ1v) is 7.36. The third-order valence-electron chi connectivity index (χ3n) is 2.35. The maximum absolute atomic E-state index is 10.8. The molecule has 1 atom stereocenters. The number of benzene rings is 1. The molecule has 0 fully saturated rings. The summed E-state index contributed by atoms with van der Waals surface area (Å²) in [6, 6.07) is 4.77. The van der Waals surface area contributed by atoms with Gasteiger partial charge in [-0.25, -0.2) is 4.79 Å². The van der Waals surface area contributed by atoms with Gasteiger partial charge in [0.1, 0.15) is 11.8 Å². The van der Waals surface area contributed by atoms with E-state index in [9.17, 15) is 9.59 Å². The van der Waals surface area contributed by atoms with Gasteiger partial charge < -0.3 is 15.2 Å². The Balaban J connectivity index is 2.58. The van der Waals surface area contributed by atoms with Crippen LogP contribution in [0.3, 0.4) is 0 Å². The summed E-state index contributed by atoms with van der Waals surface area (Å²) in [6.45, 7) is 0. The lowest BCUT2D eigenvalue weighted by Crippen LogP contribution is -2.37. The Hall–Kier alpha value is -1.21. The first-order valence-electron chi connectivity index (χ1n) is 5.41. The maximum atomic E-state index is 10.8. The molecule has 104 valence electrons. The van der Waals surface area contributed by atoms with E-state index in [-0.39, 0.29) is 0 Å². The monoisotopic (exact) mass is 347 g/mol. The van der Waals surface area contributed by atoms with Gasteiger partial charge in [-0.3, -0.25) is 4.79 Å². The Morgan fingerprint density at radius 2 is 2.37 bits per heavy atom. The van der Waals surface area contributed by atoms with E-state index >= 15 is 0 Å². The van der Waals surface area contributed by atoms with Crippen molar-refractivity contribution in [1.29, 1.82) is 0 Å². The van der Waals surface area contributed by atoms with Gasteiger partial charge in [0.2, 0.25) is 6.41 Å². The van der Waals surface area contributed by atoms with Crippen molar-refractivity contribution in [3.8, 4) is 5.75 Å². The molecule has 0 spiro atoms. The van der Waals surface area contributed by atoms with Crippen LogP contribution in [-0.4, -0.2) is 36.4 Å². The third-order valence-corrected chi connectivity index (χ3v) is 3.93. The molecule has 1 aromatic rings. The SMILES string of the molecule is COc1ccc(Br)cc1CSCC(NC=O)C(=O)O. The average molecular weight is 348 g/mol. The van der Waals surface area contributed by atoms with Crippen molar-refractivity contribution in [1.82, 2.24) is 5.32 Å². The molecule has 7 heteroatoms. The van der Waals surface area contributed by atoms with Gasteiger partial charge >= 0.3 is 5.97 Å². The van der Waals surface area contributed by atoms with Crippen molar-refractivity contribution in [3.05, 3.63) is 28.2 Å². The zero-order chi connectivity index (χ0) is 14.3. The molecular weight excluding hydrogens is 334 g/mol. The van der Waals surface area contributed by atoms with E-state index in [4.69, 9.17) is 9.84 Å². The van der Waals surface area contributed by atoms with E-state index in [0.29, 0.717) is 17.9 Å². The van der Waals surface area contributed by atoms with Crippen LogP contribution in [0.2, 0.25) is 0 Å². The van der Waals surface area contributed by atoms with Crippen molar-refractivity contribution in [2.24, 2.45) is 0 Å². The summed E-state index contributed by atoms with van der Waals surface area (Å²) in [4.78, 5) is 21.1. The van der Waals surface area contributed by atoms with Crippen LogP contribution in [0.5, 0.6) is 5.75 Å². The minimum absolute atomic E-state index is 0.295. The van der Waals surface area contributed by atoms with Crippen LogP contribution < -0.4 is 10.1 Å². The minimum atomic E-state index is -1.04. The van der Waals surface area contributed by atoms with Gasteiger partial charge in [0, 0.05) is 21.5 Å². The standard InChI is InChI=1S/C12H14BrNO4S/c1-18-11-3-2-9(13)4-8(11)5-19-6-10(12(16)17)14-7-15/h2-4,7,10H,5-6H2,1H3,(H,14,15)(H,16,17). The molecule has 0 bridgehead atoms. The molecule has 0 aliphatic carbocycles. The Labute approximate surface area is 123 Å². The van der Waals surface area contributed by atoms with Gasteiger partial charge in [-0.2, -0.15) is 11.8 Å². The second-order valence-corrected chi connectivity index (χ2v) is 5.59. The van der Waals surface area contributed by atoms with E-state index in [1.54, 1.807) is 7.11 Å². The molecule has 2 N–H and O–H groups in total. The van der Waals surface area contributed by atoms with E-state index in [1.807, 2.05) is 18.2 Å². The van der Waals surface area contributed by atoms with E-state index in [1.165, 1.54) is 11.8 Å². The van der Waals surface area contributed by atoms with Crippen LogP contribution in [-0.2, 0) is 15.3 Å². The summed E-state index contributed by atoms with van der Waals surface area (Å²) in [6.07, 6.45) is 0.402. The quantitative estimate of drug-likeness (QED) is 0.702. The zero-order valence-electron chi connectivity index (χ0n) is 10.3. The minimum Gasteiger partial charge on any atom is -0.496 e. The molecule has 1 rings (SSSR count). The molecule has 1 unspecified atom stereocenters. The zero-order valence-corrected chi connectivity index (χ0v) is 12.7. The van der Waals surface area contributed by atoms with Crippen LogP contribution in [0.4, 0.5) is 0 Å². The van der Waals surface area contributed by atoms with Crippen LogP contribution in [0.25, 0.3) is 0 Å². The number of hydrogen-bond donors (Lipinski definition) is 2. The molecule has 0 aliphatic heterocycles. The third kappa shape index (κ3) is 5.12. The highest BCUT2D eigenvalue weighted by atomic mass is 79.9. The lowest BCUT2D eigenvalue weighted by atomic mass is 10.2.